The molecule has 1 aliphatic rings. The third-order valence-electron chi connectivity index (χ3n) is 4.77. The molecule has 0 fully saturated rings. The van der Waals surface area contributed by atoms with Crippen LogP contribution in [0.5, 0.6) is 0 Å². The van der Waals surface area contributed by atoms with Crippen molar-refractivity contribution in [2.75, 3.05) is 11.6 Å². The van der Waals surface area contributed by atoms with E-state index in [1.807, 2.05) is 18.4 Å². The van der Waals surface area contributed by atoms with E-state index in [4.69, 9.17) is 4.98 Å². The lowest BCUT2D eigenvalue weighted by atomic mass is 10.2. The van der Waals surface area contributed by atoms with Crippen LogP contribution in [-0.2, 0) is 13.1 Å². The van der Waals surface area contributed by atoms with E-state index >= 15 is 0 Å². The van der Waals surface area contributed by atoms with Crippen LogP contribution >= 0.6 is 0 Å². The summed E-state index contributed by atoms with van der Waals surface area (Å²) in [6.45, 7) is 11.7. The maximum Gasteiger partial charge on any atom is 0.259 e. The van der Waals surface area contributed by atoms with Gasteiger partial charge in [-0.1, -0.05) is 24.6 Å². The fourth-order valence-electron chi connectivity index (χ4n) is 3.15. The van der Waals surface area contributed by atoms with E-state index in [2.05, 4.69) is 54.8 Å². The Morgan fingerprint density at radius 3 is 2.38 bits per heavy atom. The zero-order valence-electron chi connectivity index (χ0n) is 15.2. The summed E-state index contributed by atoms with van der Waals surface area (Å²) in [7, 11) is 0. The molecule has 0 unspecified atom stereocenters. The Balaban J connectivity index is 2.17. The number of benzene rings is 1. The number of nitrogens with zero attached hydrogens (tertiary/aromatic N) is 4. The second kappa shape index (κ2) is 6.40. The van der Waals surface area contributed by atoms with Crippen molar-refractivity contribution in [1.82, 2.24) is 14.5 Å². The summed E-state index contributed by atoms with van der Waals surface area (Å²) in [4.78, 5) is 22.1. The second-order valence-electron chi connectivity index (χ2n) is 6.79. The van der Waals surface area contributed by atoms with Gasteiger partial charge in [0.2, 0.25) is 5.95 Å². The fourth-order valence-corrected chi connectivity index (χ4v) is 3.15. The molecule has 128 valence electrons. The monoisotopic (exact) mass is 326 g/mol. The van der Waals surface area contributed by atoms with Crippen molar-refractivity contribution in [3.8, 4) is 0 Å². The number of fused-ring (bicyclic) bond motifs is 1. The third kappa shape index (κ3) is 2.84. The van der Waals surface area contributed by atoms with Crippen molar-refractivity contribution in [3.63, 3.8) is 0 Å². The van der Waals surface area contributed by atoms with Gasteiger partial charge in [0.25, 0.3) is 5.56 Å². The Morgan fingerprint density at radius 1 is 1.12 bits per heavy atom. The van der Waals surface area contributed by atoms with Crippen LogP contribution in [0.3, 0.4) is 0 Å². The van der Waals surface area contributed by atoms with E-state index in [9.17, 15) is 4.79 Å². The lowest BCUT2D eigenvalue weighted by molar-refractivity contribution is 0.156. The van der Waals surface area contributed by atoms with Crippen LogP contribution in [-0.4, -0.2) is 27.2 Å². The molecule has 24 heavy (non-hydrogen) atoms. The molecule has 0 spiro atoms. The Bertz CT molecular complexity index is 792. The minimum absolute atomic E-state index is 0.0856. The Kier molecular flexibility index (Phi) is 4.45. The Hall–Kier alpha value is -2.14. The lowest BCUT2D eigenvalue weighted by Crippen LogP contribution is -2.50. The zero-order valence-corrected chi connectivity index (χ0v) is 15.2. The predicted molar refractivity (Wildman–Crippen MR) is 97.8 cm³/mol. The predicted octanol–water partition coefficient (Wildman–Crippen LogP) is 3.20. The lowest BCUT2D eigenvalue weighted by Gasteiger charge is -2.40. The minimum atomic E-state index is 0.0856. The highest BCUT2D eigenvalue weighted by Gasteiger charge is 2.28. The van der Waals surface area contributed by atoms with Crippen LogP contribution in [0.1, 0.15) is 37.6 Å². The summed E-state index contributed by atoms with van der Waals surface area (Å²) < 4.78 is 1.81. The van der Waals surface area contributed by atoms with Gasteiger partial charge in [-0.3, -0.25) is 19.2 Å². The van der Waals surface area contributed by atoms with E-state index < -0.39 is 0 Å². The average molecular weight is 326 g/mol. The Morgan fingerprint density at radius 2 is 1.79 bits per heavy atom. The molecule has 0 atom stereocenters. The molecule has 0 amide bonds. The first-order chi connectivity index (χ1) is 11.4. The van der Waals surface area contributed by atoms with Crippen molar-refractivity contribution >= 4 is 11.6 Å². The van der Waals surface area contributed by atoms with Gasteiger partial charge in [0.05, 0.1) is 13.3 Å². The summed E-state index contributed by atoms with van der Waals surface area (Å²) in [5.41, 5.74) is 4.02. The van der Waals surface area contributed by atoms with Crippen molar-refractivity contribution in [3.05, 3.63) is 51.4 Å². The highest BCUT2D eigenvalue weighted by molar-refractivity contribution is 5.58. The first-order valence-corrected chi connectivity index (χ1v) is 8.61. The second-order valence-corrected chi connectivity index (χ2v) is 6.79. The largest absolute Gasteiger partial charge is 0.298 e. The standard InChI is InChI=1S/C19H26N4O/c1-6-17-15(5)20-19-22(16-9-7-14(4)8-10-16)11-21(13(2)3)12-23(19)18(17)24/h7-10,13H,6,11-12H2,1-5H3. The van der Waals surface area contributed by atoms with Gasteiger partial charge in [0.15, 0.2) is 0 Å². The van der Waals surface area contributed by atoms with Crippen LogP contribution in [0.25, 0.3) is 0 Å². The first kappa shape index (κ1) is 16.7. The molecule has 2 heterocycles. The summed E-state index contributed by atoms with van der Waals surface area (Å²) >= 11 is 0. The molecular formula is C19H26N4O. The van der Waals surface area contributed by atoms with Crippen LogP contribution < -0.4 is 10.5 Å². The van der Waals surface area contributed by atoms with Crippen molar-refractivity contribution in [2.24, 2.45) is 0 Å². The quantitative estimate of drug-likeness (QED) is 0.868. The van der Waals surface area contributed by atoms with E-state index in [0.717, 1.165) is 29.6 Å². The molecule has 5 heteroatoms. The fraction of sp³-hybridized carbons (Fsp3) is 0.474. The molecule has 1 aromatic heterocycles. The van der Waals surface area contributed by atoms with Crippen LogP contribution in [0.4, 0.5) is 11.6 Å². The summed E-state index contributed by atoms with van der Waals surface area (Å²) in [6, 6.07) is 8.74. The van der Waals surface area contributed by atoms with E-state index in [0.29, 0.717) is 19.1 Å². The highest BCUT2D eigenvalue weighted by Crippen LogP contribution is 2.28. The maximum absolute atomic E-state index is 12.9. The van der Waals surface area contributed by atoms with Crippen molar-refractivity contribution in [2.45, 2.75) is 53.8 Å². The summed E-state index contributed by atoms with van der Waals surface area (Å²) in [5.74, 6) is 0.746. The van der Waals surface area contributed by atoms with Gasteiger partial charge in [0.1, 0.15) is 0 Å². The molecule has 0 radical (unpaired) electrons. The molecular weight excluding hydrogens is 300 g/mol. The number of rotatable bonds is 3. The summed E-state index contributed by atoms with van der Waals surface area (Å²) in [6.07, 6.45) is 0.712. The molecule has 2 aromatic rings. The van der Waals surface area contributed by atoms with Gasteiger partial charge in [-0.25, -0.2) is 4.98 Å². The number of anilines is 2. The third-order valence-corrected chi connectivity index (χ3v) is 4.77. The van der Waals surface area contributed by atoms with Gasteiger partial charge in [-0.15, -0.1) is 0 Å². The molecule has 0 N–H and O–H groups in total. The minimum Gasteiger partial charge on any atom is -0.298 e. The van der Waals surface area contributed by atoms with Gasteiger partial charge in [-0.2, -0.15) is 0 Å². The average Bonchev–Trinajstić information content (AvgIpc) is 2.55. The number of hydrogen-bond donors (Lipinski definition) is 0. The zero-order chi connectivity index (χ0) is 17.4. The van der Waals surface area contributed by atoms with Gasteiger partial charge in [-0.05, 0) is 46.2 Å². The topological polar surface area (TPSA) is 41.4 Å². The van der Waals surface area contributed by atoms with Gasteiger partial charge in [0, 0.05) is 23.0 Å². The molecule has 0 saturated carbocycles. The van der Waals surface area contributed by atoms with Crippen molar-refractivity contribution in [1.29, 1.82) is 0 Å². The maximum atomic E-state index is 12.9. The molecule has 0 bridgehead atoms. The van der Waals surface area contributed by atoms with Gasteiger partial charge >= 0.3 is 0 Å². The smallest absolute Gasteiger partial charge is 0.259 e. The van der Waals surface area contributed by atoms with E-state index in [1.54, 1.807) is 0 Å². The molecule has 3 rings (SSSR count). The molecule has 5 nitrogen and oxygen atoms in total. The molecule has 0 saturated heterocycles. The van der Waals surface area contributed by atoms with E-state index in [1.165, 1.54) is 5.56 Å². The van der Waals surface area contributed by atoms with Crippen molar-refractivity contribution < 1.29 is 0 Å². The van der Waals surface area contributed by atoms with Crippen LogP contribution in [0.2, 0.25) is 0 Å². The number of aryl methyl sites for hydroxylation is 2. The number of hydrogen-bond acceptors (Lipinski definition) is 4. The Labute approximate surface area is 143 Å². The number of aromatic nitrogens is 2. The first-order valence-electron chi connectivity index (χ1n) is 8.61. The summed E-state index contributed by atoms with van der Waals surface area (Å²) in [5, 5.41) is 0. The highest BCUT2D eigenvalue weighted by atomic mass is 16.1. The van der Waals surface area contributed by atoms with Crippen LogP contribution in [0.15, 0.2) is 29.1 Å². The van der Waals surface area contributed by atoms with E-state index in [-0.39, 0.29) is 5.56 Å². The molecule has 1 aliphatic heterocycles. The normalized spacial score (nSPS) is 15.0. The molecule has 0 aliphatic carbocycles. The SMILES string of the molecule is CCc1c(C)nc2n(c1=O)CN(C(C)C)CN2c1ccc(C)cc1. The molecule has 1 aromatic carbocycles. The van der Waals surface area contributed by atoms with Gasteiger partial charge < -0.3 is 0 Å². The van der Waals surface area contributed by atoms with Crippen LogP contribution in [0, 0.1) is 13.8 Å².